The quantitative estimate of drug-likeness (QED) is 0.0256. The van der Waals surface area contributed by atoms with Crippen molar-refractivity contribution in [2.24, 2.45) is 0 Å². The molecule has 2 unspecified atom stereocenters. The van der Waals surface area contributed by atoms with Crippen molar-refractivity contribution in [2.75, 3.05) is 47.5 Å². The van der Waals surface area contributed by atoms with Crippen LogP contribution in [0.25, 0.3) is 0 Å². The molecule has 488 valence electrons. The number of quaternary nitrogens is 1. The third-order valence-electron chi connectivity index (χ3n) is 17.1. The zero-order valence-electron chi connectivity index (χ0n) is 55.9. The average molecular weight is 1160 g/mol. The Morgan fingerprint density at radius 3 is 0.780 bits per heavy atom. The van der Waals surface area contributed by atoms with Gasteiger partial charge in [0.25, 0.3) is 0 Å². The van der Waals surface area contributed by atoms with Gasteiger partial charge in [-0.15, -0.1) is 0 Å². The zero-order valence-corrected chi connectivity index (χ0v) is 55.9. The van der Waals surface area contributed by atoms with Crippen LogP contribution in [0.4, 0.5) is 0 Å². The number of hydrogen-bond acceptors (Lipinski definition) is 8. The smallest absolute Gasteiger partial charge is 0.306 e. The number of esters is 2. The highest BCUT2D eigenvalue weighted by Crippen LogP contribution is 2.20. The lowest BCUT2D eigenvalue weighted by Crippen LogP contribution is -2.44. The first-order valence-corrected chi connectivity index (χ1v) is 36.7. The van der Waals surface area contributed by atoms with Crippen molar-refractivity contribution in [3.63, 3.8) is 0 Å². The first-order chi connectivity index (χ1) is 40.1. The second-order valence-electron chi connectivity index (χ2n) is 26.6. The molecule has 0 aromatic carbocycles. The number of hydrogen-bond donors (Lipinski definition) is 0. The maximum Gasteiger partial charge on any atom is 0.306 e. The number of likely N-dealkylation sites (N-methyl/N-ethyl adjacent to an activating group) is 1. The van der Waals surface area contributed by atoms with E-state index in [1.807, 2.05) is 21.1 Å². The lowest BCUT2D eigenvalue weighted by Gasteiger charge is -2.26. The summed E-state index contributed by atoms with van der Waals surface area (Å²) in [5.41, 5.74) is 0. The minimum atomic E-state index is -1.62. The van der Waals surface area contributed by atoms with Crippen LogP contribution in [0.1, 0.15) is 393 Å². The average Bonchev–Trinajstić information content (AvgIpc) is 3.45. The fourth-order valence-electron chi connectivity index (χ4n) is 11.5. The van der Waals surface area contributed by atoms with E-state index in [1.54, 1.807) is 0 Å². The Kier molecular flexibility index (Phi) is 63.9. The maximum atomic E-state index is 12.9. The summed E-state index contributed by atoms with van der Waals surface area (Å²) in [4.78, 5) is 37.5. The summed E-state index contributed by atoms with van der Waals surface area (Å²) in [5.74, 6) is -2.24. The molecule has 0 fully saturated rings. The second-order valence-corrected chi connectivity index (χ2v) is 26.6. The van der Waals surface area contributed by atoms with Gasteiger partial charge < -0.3 is 33.3 Å². The zero-order chi connectivity index (χ0) is 59.8. The lowest BCUT2D eigenvalue weighted by atomic mass is 10.0. The summed E-state index contributed by atoms with van der Waals surface area (Å²) >= 11 is 0. The van der Waals surface area contributed by atoms with E-state index in [0.717, 1.165) is 38.5 Å². The molecule has 0 heterocycles. The molecule has 2 atom stereocenters. The van der Waals surface area contributed by atoms with Crippen molar-refractivity contribution in [3.05, 3.63) is 0 Å². The normalized spacial score (nSPS) is 12.5. The standard InChI is InChI=1S/C73H143NO8/c1-6-8-10-12-14-16-18-20-22-24-26-28-30-32-33-34-35-36-37-38-39-40-42-44-46-48-50-52-54-56-58-60-62-64-71(76)82-69(68-81-73(72(77)78)79-66-65-74(3,4)5)67-80-70(75)63-61-59-57-55-53-51-49-47-45-43-41-31-29-27-25-23-21-19-17-15-13-11-9-7-2/h69,73H,6-68H2,1-5H3. The van der Waals surface area contributed by atoms with Crippen molar-refractivity contribution in [1.82, 2.24) is 0 Å². The molecule has 9 nitrogen and oxygen atoms in total. The Bertz CT molecular complexity index is 1300. The molecule has 82 heavy (non-hydrogen) atoms. The van der Waals surface area contributed by atoms with E-state index in [9.17, 15) is 19.5 Å². The number of aliphatic carboxylic acids is 1. The molecular formula is C73H143NO8. The fraction of sp³-hybridized carbons (Fsp3) is 0.959. The van der Waals surface area contributed by atoms with Crippen LogP contribution in [-0.4, -0.2) is 82.3 Å². The molecule has 0 aromatic heterocycles. The van der Waals surface area contributed by atoms with Gasteiger partial charge in [0.15, 0.2) is 12.4 Å². The summed E-state index contributed by atoms with van der Waals surface area (Å²) in [6.45, 7) is 4.85. The Hall–Kier alpha value is -1.71. The Labute approximate surface area is 511 Å². The summed E-state index contributed by atoms with van der Waals surface area (Å²) in [5, 5.41) is 11.8. The van der Waals surface area contributed by atoms with E-state index < -0.39 is 24.3 Å². The molecule has 0 aliphatic rings. The van der Waals surface area contributed by atoms with Gasteiger partial charge in [0.2, 0.25) is 0 Å². The van der Waals surface area contributed by atoms with Crippen LogP contribution in [-0.2, 0) is 33.3 Å². The van der Waals surface area contributed by atoms with E-state index in [-0.39, 0.29) is 32.2 Å². The van der Waals surface area contributed by atoms with Crippen LogP contribution in [0.5, 0.6) is 0 Å². The molecule has 0 aliphatic carbocycles. The number of carbonyl (C=O) groups is 3. The number of rotatable bonds is 70. The number of ether oxygens (including phenoxy) is 4. The predicted octanol–water partition coefficient (Wildman–Crippen LogP) is 21.3. The topological polar surface area (TPSA) is 111 Å². The van der Waals surface area contributed by atoms with Crippen LogP contribution in [0.15, 0.2) is 0 Å². The minimum Gasteiger partial charge on any atom is -0.545 e. The number of unbranched alkanes of at least 4 members (excludes halogenated alkanes) is 55. The molecule has 0 aromatic rings. The molecule has 0 spiro atoms. The summed E-state index contributed by atoms with van der Waals surface area (Å²) in [6, 6.07) is 0. The number of carboxylic acid groups (broad SMARTS) is 1. The van der Waals surface area contributed by atoms with E-state index in [2.05, 4.69) is 13.8 Å². The van der Waals surface area contributed by atoms with Gasteiger partial charge in [0, 0.05) is 12.8 Å². The Balaban J connectivity index is 4.00. The van der Waals surface area contributed by atoms with Crippen molar-refractivity contribution in [3.8, 4) is 0 Å². The summed E-state index contributed by atoms with van der Waals surface area (Å²) < 4.78 is 22.8. The monoisotopic (exact) mass is 1160 g/mol. The van der Waals surface area contributed by atoms with Gasteiger partial charge in [-0.2, -0.15) is 0 Å². The third-order valence-corrected chi connectivity index (χ3v) is 17.1. The number of carbonyl (C=O) groups excluding carboxylic acids is 3. The molecule has 0 amide bonds. The van der Waals surface area contributed by atoms with Crippen LogP contribution in [0, 0.1) is 0 Å². The highest BCUT2D eigenvalue weighted by atomic mass is 16.7. The van der Waals surface area contributed by atoms with Gasteiger partial charge in [-0.3, -0.25) is 9.59 Å². The Morgan fingerprint density at radius 2 is 0.549 bits per heavy atom. The summed E-state index contributed by atoms with van der Waals surface area (Å²) in [7, 11) is 5.95. The van der Waals surface area contributed by atoms with Crippen LogP contribution in [0.3, 0.4) is 0 Å². The third kappa shape index (κ3) is 65.8. The first kappa shape index (κ1) is 80.3. The Morgan fingerprint density at radius 1 is 0.317 bits per heavy atom. The SMILES string of the molecule is CCCCCCCCCCCCCCCCCCCCCCCCCCCCCCCCCCCC(=O)OC(COC(=O)CCCCCCCCCCCCCCCCCCCCCCCCCC)COC(OCC[N+](C)(C)C)C(=O)[O-]. The summed E-state index contributed by atoms with van der Waals surface area (Å²) in [6.07, 6.45) is 74.9. The van der Waals surface area contributed by atoms with Crippen molar-refractivity contribution >= 4 is 17.9 Å². The van der Waals surface area contributed by atoms with E-state index in [1.165, 1.54) is 327 Å². The van der Waals surface area contributed by atoms with Gasteiger partial charge >= 0.3 is 11.9 Å². The van der Waals surface area contributed by atoms with Crippen molar-refractivity contribution < 1.29 is 42.9 Å². The molecular weight excluding hydrogens is 1020 g/mol. The van der Waals surface area contributed by atoms with Gasteiger partial charge in [-0.25, -0.2) is 0 Å². The molecule has 0 radical (unpaired) electrons. The van der Waals surface area contributed by atoms with E-state index in [4.69, 9.17) is 18.9 Å². The van der Waals surface area contributed by atoms with Crippen LogP contribution in [0.2, 0.25) is 0 Å². The van der Waals surface area contributed by atoms with E-state index >= 15 is 0 Å². The number of carboxylic acids is 1. The highest BCUT2D eigenvalue weighted by Gasteiger charge is 2.22. The molecule has 0 saturated carbocycles. The fourth-order valence-corrected chi connectivity index (χ4v) is 11.5. The van der Waals surface area contributed by atoms with Crippen LogP contribution >= 0.6 is 0 Å². The lowest BCUT2D eigenvalue weighted by molar-refractivity contribution is -0.870. The van der Waals surface area contributed by atoms with Crippen molar-refractivity contribution in [1.29, 1.82) is 0 Å². The molecule has 0 N–H and O–H groups in total. The first-order valence-electron chi connectivity index (χ1n) is 36.7. The van der Waals surface area contributed by atoms with Gasteiger partial charge in [-0.05, 0) is 12.8 Å². The predicted molar refractivity (Wildman–Crippen MR) is 348 cm³/mol. The van der Waals surface area contributed by atoms with Crippen LogP contribution < -0.4 is 5.11 Å². The van der Waals surface area contributed by atoms with Crippen molar-refractivity contribution in [2.45, 2.75) is 405 Å². The van der Waals surface area contributed by atoms with E-state index in [0.29, 0.717) is 17.4 Å². The molecule has 0 rings (SSSR count). The number of nitrogens with zero attached hydrogens (tertiary/aromatic N) is 1. The highest BCUT2D eigenvalue weighted by molar-refractivity contribution is 5.70. The molecule has 0 aliphatic heterocycles. The van der Waals surface area contributed by atoms with Gasteiger partial charge in [0.1, 0.15) is 13.2 Å². The largest absolute Gasteiger partial charge is 0.545 e. The molecule has 9 heteroatoms. The van der Waals surface area contributed by atoms with Gasteiger partial charge in [0.05, 0.1) is 40.3 Å². The molecule has 0 bridgehead atoms. The maximum absolute atomic E-state index is 12.9. The second kappa shape index (κ2) is 65.3. The van der Waals surface area contributed by atoms with Gasteiger partial charge in [-0.1, -0.05) is 367 Å². The minimum absolute atomic E-state index is 0.154. The molecule has 0 saturated heterocycles.